The SMILES string of the molecule is O[C@@H](CN1CC2CC(CN(CCCCCOCc3ccccc3)C2)C1)c1ccccc1. The number of aliphatic hydroxyl groups excluding tert-OH is 1. The molecular weight excluding hydrogens is 384 g/mol. The Kier molecular flexibility index (Phi) is 8.53. The van der Waals surface area contributed by atoms with Gasteiger partial charge in [0.2, 0.25) is 0 Å². The minimum atomic E-state index is -0.375. The van der Waals surface area contributed by atoms with E-state index in [0.717, 1.165) is 56.7 Å². The highest BCUT2D eigenvalue weighted by Gasteiger charge is 2.34. The summed E-state index contributed by atoms with van der Waals surface area (Å²) in [6.07, 6.45) is 4.65. The molecule has 2 unspecified atom stereocenters. The number of aliphatic hydroxyl groups is 1. The van der Waals surface area contributed by atoms with Crippen LogP contribution in [0.1, 0.15) is 42.9 Å². The van der Waals surface area contributed by atoms with Crippen LogP contribution < -0.4 is 0 Å². The average Bonchev–Trinajstić information content (AvgIpc) is 2.79. The molecule has 2 fully saturated rings. The van der Waals surface area contributed by atoms with Gasteiger partial charge in [-0.05, 0) is 55.2 Å². The van der Waals surface area contributed by atoms with Crippen molar-refractivity contribution >= 4 is 0 Å². The van der Waals surface area contributed by atoms with Crippen molar-refractivity contribution in [2.45, 2.75) is 38.4 Å². The van der Waals surface area contributed by atoms with Crippen LogP contribution >= 0.6 is 0 Å². The van der Waals surface area contributed by atoms with Gasteiger partial charge in [0.1, 0.15) is 0 Å². The summed E-state index contributed by atoms with van der Waals surface area (Å²) in [5, 5.41) is 10.6. The predicted octanol–water partition coefficient (Wildman–Crippen LogP) is 4.36. The average molecular weight is 423 g/mol. The molecular formula is C27H38N2O2. The normalized spacial score (nSPS) is 23.0. The Labute approximate surface area is 187 Å². The number of fused-ring (bicyclic) bond motifs is 2. The summed E-state index contributed by atoms with van der Waals surface area (Å²) in [5.41, 5.74) is 2.29. The van der Waals surface area contributed by atoms with Crippen LogP contribution in [-0.2, 0) is 11.3 Å². The molecule has 31 heavy (non-hydrogen) atoms. The number of unbranched alkanes of at least 4 members (excludes halogenated alkanes) is 2. The van der Waals surface area contributed by atoms with Gasteiger partial charge < -0.3 is 14.7 Å². The van der Waals surface area contributed by atoms with Gasteiger partial charge in [0, 0.05) is 39.3 Å². The lowest BCUT2D eigenvalue weighted by molar-refractivity contribution is 0.00838. The molecule has 168 valence electrons. The van der Waals surface area contributed by atoms with Crippen LogP contribution in [-0.4, -0.2) is 60.8 Å². The maximum Gasteiger partial charge on any atom is 0.0916 e. The van der Waals surface area contributed by atoms with Crippen molar-refractivity contribution < 1.29 is 9.84 Å². The Morgan fingerprint density at radius 2 is 1.45 bits per heavy atom. The molecule has 2 aliphatic rings. The fourth-order valence-corrected chi connectivity index (χ4v) is 5.33. The van der Waals surface area contributed by atoms with Crippen LogP contribution in [0.4, 0.5) is 0 Å². The number of hydrogen-bond acceptors (Lipinski definition) is 4. The van der Waals surface area contributed by atoms with Gasteiger partial charge in [-0.25, -0.2) is 0 Å². The van der Waals surface area contributed by atoms with Crippen molar-refractivity contribution in [2.75, 3.05) is 45.9 Å². The Morgan fingerprint density at radius 1 is 0.806 bits per heavy atom. The van der Waals surface area contributed by atoms with Crippen LogP contribution in [0.15, 0.2) is 60.7 Å². The first kappa shape index (κ1) is 22.5. The largest absolute Gasteiger partial charge is 0.387 e. The van der Waals surface area contributed by atoms with E-state index in [1.165, 1.54) is 44.5 Å². The maximum atomic E-state index is 10.6. The molecule has 2 aliphatic heterocycles. The van der Waals surface area contributed by atoms with Gasteiger partial charge >= 0.3 is 0 Å². The maximum absolute atomic E-state index is 10.6. The molecule has 0 aromatic heterocycles. The molecule has 0 saturated carbocycles. The number of likely N-dealkylation sites (tertiary alicyclic amines) is 2. The van der Waals surface area contributed by atoms with Crippen LogP contribution in [0.25, 0.3) is 0 Å². The topological polar surface area (TPSA) is 35.9 Å². The Morgan fingerprint density at radius 3 is 2.16 bits per heavy atom. The minimum absolute atomic E-state index is 0.375. The van der Waals surface area contributed by atoms with Crippen LogP contribution in [0.5, 0.6) is 0 Å². The van der Waals surface area contributed by atoms with Gasteiger partial charge in [-0.2, -0.15) is 0 Å². The highest BCUT2D eigenvalue weighted by atomic mass is 16.5. The lowest BCUT2D eigenvalue weighted by Gasteiger charge is -2.46. The number of β-amino-alcohol motifs (C(OH)–C–C–N with tert-alkyl or cyclic N) is 1. The number of nitrogens with zero attached hydrogens (tertiary/aromatic N) is 2. The minimum Gasteiger partial charge on any atom is -0.387 e. The van der Waals surface area contributed by atoms with Gasteiger partial charge in [-0.1, -0.05) is 60.7 Å². The second kappa shape index (κ2) is 11.8. The highest BCUT2D eigenvalue weighted by molar-refractivity contribution is 5.17. The van der Waals surface area contributed by atoms with Gasteiger partial charge in [0.05, 0.1) is 12.7 Å². The van der Waals surface area contributed by atoms with Crippen molar-refractivity contribution in [1.82, 2.24) is 9.80 Å². The lowest BCUT2D eigenvalue weighted by atomic mass is 9.84. The highest BCUT2D eigenvalue weighted by Crippen LogP contribution is 2.30. The summed E-state index contributed by atoms with van der Waals surface area (Å²) in [5.74, 6) is 1.51. The van der Waals surface area contributed by atoms with Crippen molar-refractivity contribution in [3.05, 3.63) is 71.8 Å². The summed E-state index contributed by atoms with van der Waals surface area (Å²) >= 11 is 0. The van der Waals surface area contributed by atoms with E-state index < -0.39 is 0 Å². The quantitative estimate of drug-likeness (QED) is 0.546. The third-order valence-electron chi connectivity index (χ3n) is 6.72. The van der Waals surface area contributed by atoms with E-state index in [2.05, 4.69) is 34.1 Å². The van der Waals surface area contributed by atoms with Crippen LogP contribution in [0.2, 0.25) is 0 Å². The third-order valence-corrected chi connectivity index (χ3v) is 6.72. The molecule has 0 spiro atoms. The summed E-state index contributed by atoms with van der Waals surface area (Å²) in [6, 6.07) is 20.5. The number of ether oxygens (including phenoxy) is 1. The molecule has 3 atom stereocenters. The molecule has 2 aromatic carbocycles. The summed E-state index contributed by atoms with van der Waals surface area (Å²) < 4.78 is 5.81. The van der Waals surface area contributed by atoms with E-state index in [-0.39, 0.29) is 6.10 Å². The van der Waals surface area contributed by atoms with Gasteiger partial charge in [-0.3, -0.25) is 4.90 Å². The zero-order valence-electron chi connectivity index (χ0n) is 18.7. The molecule has 4 nitrogen and oxygen atoms in total. The molecule has 2 heterocycles. The molecule has 4 heteroatoms. The van der Waals surface area contributed by atoms with Crippen molar-refractivity contribution in [3.63, 3.8) is 0 Å². The zero-order chi connectivity index (χ0) is 21.3. The standard InChI is InChI=1S/C27H38N2O2/c30-27(26-12-6-2-7-13-26)21-29-19-24-16-25(20-29)18-28(17-24)14-8-3-9-15-31-22-23-10-4-1-5-11-23/h1-2,4-7,10-13,24-25,27,30H,3,8-9,14-22H2/t24?,25?,27-/m0/s1. The van der Waals surface area contributed by atoms with Gasteiger partial charge in [0.25, 0.3) is 0 Å². The van der Waals surface area contributed by atoms with E-state index in [9.17, 15) is 5.11 Å². The third kappa shape index (κ3) is 7.15. The molecule has 4 rings (SSSR count). The first-order chi connectivity index (χ1) is 15.3. The molecule has 0 radical (unpaired) electrons. The van der Waals surface area contributed by atoms with Crippen molar-refractivity contribution in [2.24, 2.45) is 11.8 Å². The van der Waals surface area contributed by atoms with E-state index in [1.54, 1.807) is 0 Å². The van der Waals surface area contributed by atoms with Crippen LogP contribution in [0, 0.1) is 11.8 Å². The van der Waals surface area contributed by atoms with E-state index in [1.807, 2.05) is 36.4 Å². The smallest absolute Gasteiger partial charge is 0.0916 e. The van der Waals surface area contributed by atoms with Crippen molar-refractivity contribution in [3.8, 4) is 0 Å². The molecule has 1 N–H and O–H groups in total. The summed E-state index contributed by atoms with van der Waals surface area (Å²) in [7, 11) is 0. The summed E-state index contributed by atoms with van der Waals surface area (Å²) in [4.78, 5) is 5.19. The number of rotatable bonds is 11. The Hall–Kier alpha value is -1.72. The number of benzene rings is 2. The monoisotopic (exact) mass is 422 g/mol. The van der Waals surface area contributed by atoms with Crippen molar-refractivity contribution in [1.29, 1.82) is 0 Å². The predicted molar refractivity (Wildman–Crippen MR) is 126 cm³/mol. The van der Waals surface area contributed by atoms with Crippen LogP contribution in [0.3, 0.4) is 0 Å². The second-order valence-electron chi connectivity index (χ2n) is 9.47. The lowest BCUT2D eigenvalue weighted by Crippen LogP contribution is -2.53. The van der Waals surface area contributed by atoms with E-state index in [4.69, 9.17) is 4.74 Å². The Bertz CT molecular complexity index is 740. The fourth-order valence-electron chi connectivity index (χ4n) is 5.33. The van der Waals surface area contributed by atoms with Gasteiger partial charge in [0.15, 0.2) is 0 Å². The second-order valence-corrected chi connectivity index (χ2v) is 9.47. The molecule has 0 amide bonds. The van der Waals surface area contributed by atoms with E-state index >= 15 is 0 Å². The fraction of sp³-hybridized carbons (Fsp3) is 0.556. The molecule has 2 aromatic rings. The zero-order valence-corrected chi connectivity index (χ0v) is 18.7. The molecule has 2 bridgehead atoms. The summed E-state index contributed by atoms with van der Waals surface area (Å²) in [6.45, 7) is 8.27. The first-order valence-electron chi connectivity index (χ1n) is 12.1. The number of piperidine rings is 2. The Balaban J connectivity index is 1.09. The molecule has 2 saturated heterocycles. The van der Waals surface area contributed by atoms with E-state index in [0.29, 0.717) is 0 Å². The first-order valence-corrected chi connectivity index (χ1v) is 12.1. The molecule has 0 aliphatic carbocycles. The van der Waals surface area contributed by atoms with Gasteiger partial charge in [-0.15, -0.1) is 0 Å². The number of hydrogen-bond donors (Lipinski definition) is 1.